The first-order valence-electron chi connectivity index (χ1n) is 19.2. The maximum absolute atomic E-state index is 13.4. The lowest BCUT2D eigenvalue weighted by atomic mass is 9.93. The van der Waals surface area contributed by atoms with Crippen LogP contribution < -0.4 is 16.4 Å². The number of hydrogen-bond acceptors (Lipinski definition) is 5. The highest BCUT2D eigenvalue weighted by atomic mass is 16.6. The number of hydrogen-bond donors (Lipinski definition) is 3. The third kappa shape index (κ3) is 23.5. The highest BCUT2D eigenvalue weighted by Crippen LogP contribution is 2.17. The number of nitrogens with two attached hydrogens (primary N) is 1. The summed E-state index contributed by atoms with van der Waals surface area (Å²) in [5.41, 5.74) is 7.87. The normalized spacial score (nSPS) is 11.5. The molecular weight excluding hydrogens is 665 g/mol. The monoisotopic (exact) mass is 733 g/mol. The molecule has 2 unspecified atom stereocenters. The molecule has 4 N–H and O–H groups in total. The Balaban J connectivity index is 0.00000311. The van der Waals surface area contributed by atoms with Gasteiger partial charge in [-0.05, 0) is 69.1 Å². The summed E-state index contributed by atoms with van der Waals surface area (Å²) in [5, 5.41) is 5.38. The third-order valence-corrected chi connectivity index (χ3v) is 7.23. The molecule has 2 atom stereocenters. The lowest BCUT2D eigenvalue weighted by Crippen LogP contribution is -2.49. The molecule has 0 fully saturated rings. The fraction of sp³-hybridized carbons (Fsp3) is 0.500. The maximum atomic E-state index is 13.4. The summed E-state index contributed by atoms with van der Waals surface area (Å²) in [6, 6.07) is 28.0. The summed E-state index contributed by atoms with van der Waals surface area (Å²) in [6.45, 7) is 20.6. The van der Waals surface area contributed by atoms with E-state index in [4.69, 9.17) is 10.5 Å². The van der Waals surface area contributed by atoms with Gasteiger partial charge in [-0.1, -0.05) is 139 Å². The smallest absolute Gasteiger partial charge is 0.410 e. The Bertz CT molecular complexity index is 1410. The van der Waals surface area contributed by atoms with E-state index in [1.807, 2.05) is 139 Å². The SMILES string of the molecule is CC.CC.CC(C)(C)OC(=O)N(CCCC(Cc1ccccc1)C(=O)NCC(=O)NC(Cc1ccccc1)C(N)=O)CCc1ccccc1.CC(C)C. The lowest BCUT2D eigenvalue weighted by molar-refractivity contribution is -0.130. The van der Waals surface area contributed by atoms with Crippen LogP contribution in [0.15, 0.2) is 91.0 Å². The first-order chi connectivity index (χ1) is 25.2. The molecule has 0 spiro atoms. The van der Waals surface area contributed by atoms with E-state index in [2.05, 4.69) is 31.4 Å². The van der Waals surface area contributed by atoms with E-state index in [0.717, 1.165) is 22.6 Å². The zero-order chi connectivity index (χ0) is 40.2. The molecule has 0 radical (unpaired) electrons. The molecular formula is C44H68N4O5. The Morgan fingerprint density at radius 3 is 1.62 bits per heavy atom. The number of nitrogens with one attached hydrogen (secondary N) is 2. The van der Waals surface area contributed by atoms with Gasteiger partial charge in [-0.2, -0.15) is 0 Å². The fourth-order valence-electron chi connectivity index (χ4n) is 4.91. The van der Waals surface area contributed by atoms with Gasteiger partial charge in [-0.25, -0.2) is 4.79 Å². The summed E-state index contributed by atoms with van der Waals surface area (Å²) in [6.07, 6.45) is 2.07. The molecule has 0 saturated heterocycles. The van der Waals surface area contributed by atoms with Crippen molar-refractivity contribution in [2.24, 2.45) is 17.6 Å². The number of nitrogens with zero attached hydrogens (tertiary/aromatic N) is 1. The molecule has 3 aromatic carbocycles. The van der Waals surface area contributed by atoms with E-state index in [1.165, 1.54) is 0 Å². The van der Waals surface area contributed by atoms with Crippen molar-refractivity contribution in [2.75, 3.05) is 19.6 Å². The lowest BCUT2D eigenvalue weighted by Gasteiger charge is -2.28. The number of rotatable bonds is 16. The molecule has 0 saturated carbocycles. The Hall–Kier alpha value is -4.66. The van der Waals surface area contributed by atoms with E-state index in [1.54, 1.807) is 4.90 Å². The molecule has 0 aliphatic carbocycles. The van der Waals surface area contributed by atoms with Crippen LogP contribution in [0.5, 0.6) is 0 Å². The Labute approximate surface area is 320 Å². The number of benzene rings is 3. The molecule has 4 amide bonds. The minimum Gasteiger partial charge on any atom is -0.444 e. The van der Waals surface area contributed by atoms with E-state index in [-0.39, 0.29) is 18.9 Å². The van der Waals surface area contributed by atoms with Gasteiger partial charge in [0.25, 0.3) is 0 Å². The molecule has 0 aliphatic heterocycles. The molecule has 53 heavy (non-hydrogen) atoms. The predicted octanol–water partition coefficient (Wildman–Crippen LogP) is 8.15. The summed E-state index contributed by atoms with van der Waals surface area (Å²) in [7, 11) is 0. The third-order valence-electron chi connectivity index (χ3n) is 7.23. The summed E-state index contributed by atoms with van der Waals surface area (Å²) >= 11 is 0. The van der Waals surface area contributed by atoms with Crippen LogP contribution in [0.4, 0.5) is 4.79 Å². The van der Waals surface area contributed by atoms with Gasteiger partial charge in [0, 0.05) is 25.4 Å². The van der Waals surface area contributed by atoms with Crippen LogP contribution in [0.3, 0.4) is 0 Å². The quantitative estimate of drug-likeness (QED) is 0.137. The van der Waals surface area contributed by atoms with Gasteiger partial charge in [0.05, 0.1) is 6.54 Å². The fourth-order valence-corrected chi connectivity index (χ4v) is 4.91. The van der Waals surface area contributed by atoms with Crippen molar-refractivity contribution in [2.45, 2.75) is 113 Å². The zero-order valence-electron chi connectivity index (χ0n) is 34.1. The van der Waals surface area contributed by atoms with Crippen LogP contribution in [0.1, 0.15) is 98.8 Å². The molecule has 294 valence electrons. The molecule has 0 aliphatic rings. The van der Waals surface area contributed by atoms with Gasteiger partial charge in [0.2, 0.25) is 17.7 Å². The van der Waals surface area contributed by atoms with Crippen LogP contribution in [0.2, 0.25) is 0 Å². The van der Waals surface area contributed by atoms with Crippen LogP contribution >= 0.6 is 0 Å². The Morgan fingerprint density at radius 2 is 1.17 bits per heavy atom. The van der Waals surface area contributed by atoms with Crippen molar-refractivity contribution in [3.05, 3.63) is 108 Å². The zero-order valence-corrected chi connectivity index (χ0v) is 34.1. The van der Waals surface area contributed by atoms with Crippen molar-refractivity contribution >= 4 is 23.8 Å². The Kier molecular flexibility index (Phi) is 25.5. The molecule has 9 heteroatoms. The van der Waals surface area contributed by atoms with E-state index < -0.39 is 35.5 Å². The molecule has 0 bridgehead atoms. The number of carbonyl (C=O) groups excluding carboxylic acids is 4. The Morgan fingerprint density at radius 1 is 0.717 bits per heavy atom. The van der Waals surface area contributed by atoms with Gasteiger partial charge in [0.15, 0.2) is 0 Å². The molecule has 3 aromatic rings. The van der Waals surface area contributed by atoms with E-state index >= 15 is 0 Å². The van der Waals surface area contributed by atoms with Gasteiger partial charge < -0.3 is 26.0 Å². The minimum absolute atomic E-state index is 0.255. The summed E-state index contributed by atoms with van der Waals surface area (Å²) in [4.78, 5) is 52.9. The topological polar surface area (TPSA) is 131 Å². The standard InChI is InChI=1S/C36H46N4O5.C4H10.2C2H6/c1-36(2,3)45-35(44)40(23-21-27-14-7-4-8-15-27)22-13-20-30(24-28-16-9-5-10-17-28)34(43)38-26-32(41)39-31(33(37)42)25-29-18-11-6-12-19-29;1-4(2)3;2*1-2/h4-12,14-19,30-31H,13,20-26H2,1-3H3,(H2,37,42)(H,38,43)(H,39,41);4H,1-3H3;2*1-2H3. The number of carbonyl (C=O) groups is 4. The summed E-state index contributed by atoms with van der Waals surface area (Å²) < 4.78 is 5.67. The van der Waals surface area contributed by atoms with Gasteiger partial charge >= 0.3 is 6.09 Å². The van der Waals surface area contributed by atoms with E-state index in [0.29, 0.717) is 38.8 Å². The first kappa shape index (κ1) is 48.3. The molecule has 0 aromatic heterocycles. The second-order valence-corrected chi connectivity index (χ2v) is 13.9. The van der Waals surface area contributed by atoms with Crippen molar-refractivity contribution < 1.29 is 23.9 Å². The number of ether oxygens (including phenoxy) is 1. The highest BCUT2D eigenvalue weighted by Gasteiger charge is 2.25. The highest BCUT2D eigenvalue weighted by molar-refractivity contribution is 5.90. The molecule has 3 rings (SSSR count). The minimum atomic E-state index is -0.897. The maximum Gasteiger partial charge on any atom is 0.410 e. The largest absolute Gasteiger partial charge is 0.444 e. The number of amides is 4. The van der Waals surface area contributed by atoms with Crippen LogP contribution in [0, 0.1) is 11.8 Å². The van der Waals surface area contributed by atoms with Crippen molar-refractivity contribution in [3.8, 4) is 0 Å². The van der Waals surface area contributed by atoms with E-state index in [9.17, 15) is 19.2 Å². The van der Waals surface area contributed by atoms with Crippen LogP contribution in [0.25, 0.3) is 0 Å². The second kappa shape index (κ2) is 27.9. The van der Waals surface area contributed by atoms with Crippen molar-refractivity contribution in [3.63, 3.8) is 0 Å². The van der Waals surface area contributed by atoms with Gasteiger partial charge in [0.1, 0.15) is 11.6 Å². The van der Waals surface area contributed by atoms with Crippen LogP contribution in [-0.4, -0.2) is 60.0 Å². The second-order valence-electron chi connectivity index (χ2n) is 13.9. The average Bonchev–Trinajstić information content (AvgIpc) is 3.13. The van der Waals surface area contributed by atoms with Crippen molar-refractivity contribution in [1.29, 1.82) is 0 Å². The van der Waals surface area contributed by atoms with Gasteiger partial charge in [-0.15, -0.1) is 0 Å². The summed E-state index contributed by atoms with van der Waals surface area (Å²) in [5.74, 6) is -1.03. The van der Waals surface area contributed by atoms with Crippen molar-refractivity contribution in [1.82, 2.24) is 15.5 Å². The average molecular weight is 733 g/mol. The molecule has 9 nitrogen and oxygen atoms in total. The number of primary amides is 1. The van der Waals surface area contributed by atoms with Crippen LogP contribution in [-0.2, 0) is 38.4 Å². The van der Waals surface area contributed by atoms with Gasteiger partial charge in [-0.3, -0.25) is 14.4 Å². The molecule has 0 heterocycles. The predicted molar refractivity (Wildman–Crippen MR) is 218 cm³/mol. The first-order valence-corrected chi connectivity index (χ1v) is 19.2.